The zero-order valence-electron chi connectivity index (χ0n) is 11.5. The highest BCUT2D eigenvalue weighted by molar-refractivity contribution is 6.02. The minimum absolute atomic E-state index is 0.0843. The van der Waals surface area contributed by atoms with Gasteiger partial charge in [0.25, 0.3) is 0 Å². The predicted octanol–water partition coefficient (Wildman–Crippen LogP) is 3.10. The molecule has 1 aliphatic carbocycles. The van der Waals surface area contributed by atoms with Gasteiger partial charge in [0.1, 0.15) is 0 Å². The van der Waals surface area contributed by atoms with E-state index in [4.69, 9.17) is 5.11 Å². The molecule has 102 valence electrons. The highest BCUT2D eigenvalue weighted by Crippen LogP contribution is 2.32. The molecule has 3 heteroatoms. The predicted molar refractivity (Wildman–Crippen MR) is 73.4 cm³/mol. The number of aliphatic carboxylic acids is 1. The summed E-state index contributed by atoms with van der Waals surface area (Å²) in [6.45, 7) is 3.92. The third kappa shape index (κ3) is 2.55. The van der Waals surface area contributed by atoms with Crippen molar-refractivity contribution >= 4 is 11.8 Å². The van der Waals surface area contributed by atoms with E-state index in [0.717, 1.165) is 29.5 Å². The summed E-state index contributed by atoms with van der Waals surface area (Å²) in [4.78, 5) is 23.3. The van der Waals surface area contributed by atoms with Gasteiger partial charge in [-0.25, -0.2) is 0 Å². The van der Waals surface area contributed by atoms with E-state index >= 15 is 0 Å². The Morgan fingerprint density at radius 2 is 2.16 bits per heavy atom. The van der Waals surface area contributed by atoms with Crippen molar-refractivity contribution < 1.29 is 14.7 Å². The number of carbonyl (C=O) groups excluding carboxylic acids is 1. The van der Waals surface area contributed by atoms with Crippen molar-refractivity contribution in [1.29, 1.82) is 0 Å². The van der Waals surface area contributed by atoms with Crippen LogP contribution in [0, 0.1) is 11.8 Å². The number of Topliss-reactive ketones (excluding diaryl/α,β-unsaturated/α-hetero) is 1. The zero-order chi connectivity index (χ0) is 14.0. The van der Waals surface area contributed by atoms with Gasteiger partial charge < -0.3 is 5.11 Å². The molecular weight excluding hydrogens is 240 g/mol. The van der Waals surface area contributed by atoms with E-state index in [9.17, 15) is 9.59 Å². The number of fused-ring (bicyclic) bond motifs is 1. The summed E-state index contributed by atoms with van der Waals surface area (Å²) < 4.78 is 0. The van der Waals surface area contributed by atoms with Gasteiger partial charge in [0, 0.05) is 11.5 Å². The molecule has 0 aliphatic heterocycles. The second kappa shape index (κ2) is 5.55. The van der Waals surface area contributed by atoms with Crippen LogP contribution in [-0.4, -0.2) is 16.9 Å². The van der Waals surface area contributed by atoms with Crippen LogP contribution >= 0.6 is 0 Å². The van der Waals surface area contributed by atoms with Crippen LogP contribution in [0.2, 0.25) is 0 Å². The fraction of sp³-hybridized carbons (Fsp3) is 0.500. The average molecular weight is 260 g/mol. The molecule has 2 atom stereocenters. The first-order chi connectivity index (χ1) is 9.08. The zero-order valence-corrected chi connectivity index (χ0v) is 11.5. The quantitative estimate of drug-likeness (QED) is 0.885. The van der Waals surface area contributed by atoms with Gasteiger partial charge >= 0.3 is 5.97 Å². The van der Waals surface area contributed by atoms with Crippen molar-refractivity contribution in [2.75, 3.05) is 0 Å². The smallest absolute Gasteiger partial charge is 0.306 e. The SMILES string of the molecule is CCC(Cc1cccc2c1C[C@H](CC)C2=O)C(=O)O. The third-order valence-corrected chi connectivity index (χ3v) is 4.16. The molecule has 1 aromatic carbocycles. The number of hydrogen-bond donors (Lipinski definition) is 1. The molecule has 1 unspecified atom stereocenters. The molecule has 0 aromatic heterocycles. The first-order valence-corrected chi connectivity index (χ1v) is 6.96. The van der Waals surface area contributed by atoms with Crippen LogP contribution < -0.4 is 0 Å². The maximum atomic E-state index is 12.2. The lowest BCUT2D eigenvalue weighted by molar-refractivity contribution is -0.141. The molecule has 0 bridgehead atoms. The van der Waals surface area contributed by atoms with Crippen LogP contribution in [0.5, 0.6) is 0 Å². The first-order valence-electron chi connectivity index (χ1n) is 6.96. The van der Waals surface area contributed by atoms with Crippen LogP contribution in [-0.2, 0) is 17.6 Å². The number of ketones is 1. The minimum atomic E-state index is -0.753. The molecule has 0 heterocycles. The summed E-state index contributed by atoms with van der Waals surface area (Å²) >= 11 is 0. The maximum Gasteiger partial charge on any atom is 0.306 e. The lowest BCUT2D eigenvalue weighted by Crippen LogP contribution is -2.16. The van der Waals surface area contributed by atoms with E-state index in [0.29, 0.717) is 12.8 Å². The van der Waals surface area contributed by atoms with Crippen molar-refractivity contribution in [3.05, 3.63) is 34.9 Å². The number of benzene rings is 1. The number of carboxylic acid groups (broad SMARTS) is 1. The second-order valence-corrected chi connectivity index (χ2v) is 5.26. The van der Waals surface area contributed by atoms with Gasteiger partial charge in [-0.3, -0.25) is 9.59 Å². The minimum Gasteiger partial charge on any atom is -0.481 e. The Kier molecular flexibility index (Phi) is 4.03. The Balaban J connectivity index is 2.30. The van der Waals surface area contributed by atoms with Gasteiger partial charge in [0.2, 0.25) is 0 Å². The summed E-state index contributed by atoms with van der Waals surface area (Å²) in [6, 6.07) is 5.72. The Morgan fingerprint density at radius 3 is 2.74 bits per heavy atom. The van der Waals surface area contributed by atoms with Crippen molar-refractivity contribution in [2.24, 2.45) is 11.8 Å². The molecule has 0 saturated heterocycles. The van der Waals surface area contributed by atoms with Crippen LogP contribution in [0.25, 0.3) is 0 Å². The Morgan fingerprint density at radius 1 is 1.42 bits per heavy atom. The largest absolute Gasteiger partial charge is 0.481 e. The second-order valence-electron chi connectivity index (χ2n) is 5.26. The van der Waals surface area contributed by atoms with Gasteiger partial charge in [-0.1, -0.05) is 32.0 Å². The van der Waals surface area contributed by atoms with Gasteiger partial charge in [-0.2, -0.15) is 0 Å². The van der Waals surface area contributed by atoms with Crippen molar-refractivity contribution in [3.8, 4) is 0 Å². The van der Waals surface area contributed by atoms with Gasteiger partial charge in [-0.05, 0) is 36.8 Å². The number of rotatable bonds is 5. The van der Waals surface area contributed by atoms with Gasteiger partial charge in [0.05, 0.1) is 5.92 Å². The van der Waals surface area contributed by atoms with E-state index in [-0.39, 0.29) is 17.6 Å². The van der Waals surface area contributed by atoms with Crippen molar-refractivity contribution in [3.63, 3.8) is 0 Å². The van der Waals surface area contributed by atoms with Crippen LogP contribution in [0.1, 0.15) is 48.2 Å². The fourth-order valence-corrected chi connectivity index (χ4v) is 2.86. The van der Waals surface area contributed by atoms with E-state index in [1.165, 1.54) is 0 Å². The summed E-state index contributed by atoms with van der Waals surface area (Å²) in [7, 11) is 0. The molecule has 1 aromatic rings. The fourth-order valence-electron chi connectivity index (χ4n) is 2.86. The molecule has 19 heavy (non-hydrogen) atoms. The molecule has 1 aliphatic rings. The summed E-state index contributed by atoms with van der Waals surface area (Å²) in [5, 5.41) is 9.17. The highest BCUT2D eigenvalue weighted by Gasteiger charge is 2.31. The first kappa shape index (κ1) is 13.8. The Bertz CT molecular complexity index is 505. The normalized spacial score (nSPS) is 19.3. The van der Waals surface area contributed by atoms with Crippen LogP contribution in [0.15, 0.2) is 18.2 Å². The molecule has 0 spiro atoms. The van der Waals surface area contributed by atoms with E-state index < -0.39 is 5.97 Å². The van der Waals surface area contributed by atoms with Gasteiger partial charge in [-0.15, -0.1) is 0 Å². The molecule has 0 amide bonds. The molecule has 0 radical (unpaired) electrons. The van der Waals surface area contributed by atoms with E-state index in [2.05, 4.69) is 0 Å². The molecule has 0 saturated carbocycles. The molecule has 3 nitrogen and oxygen atoms in total. The van der Waals surface area contributed by atoms with Crippen molar-refractivity contribution in [2.45, 2.75) is 39.5 Å². The monoisotopic (exact) mass is 260 g/mol. The summed E-state index contributed by atoms with van der Waals surface area (Å²) in [6.07, 6.45) is 2.77. The summed E-state index contributed by atoms with van der Waals surface area (Å²) in [5.74, 6) is -0.803. The van der Waals surface area contributed by atoms with Crippen molar-refractivity contribution in [1.82, 2.24) is 0 Å². The maximum absolute atomic E-state index is 12.2. The Hall–Kier alpha value is -1.64. The highest BCUT2D eigenvalue weighted by atomic mass is 16.4. The summed E-state index contributed by atoms with van der Waals surface area (Å²) in [5.41, 5.74) is 2.93. The van der Waals surface area contributed by atoms with Gasteiger partial charge in [0.15, 0.2) is 5.78 Å². The molecule has 2 rings (SSSR count). The third-order valence-electron chi connectivity index (χ3n) is 4.16. The lowest BCUT2D eigenvalue weighted by atomic mass is 9.92. The van der Waals surface area contributed by atoms with Crippen LogP contribution in [0.4, 0.5) is 0 Å². The number of carboxylic acids is 1. The van der Waals surface area contributed by atoms with E-state index in [1.54, 1.807) is 0 Å². The topological polar surface area (TPSA) is 54.4 Å². The number of hydrogen-bond acceptors (Lipinski definition) is 2. The standard InChI is InChI=1S/C16H20O3/c1-3-10-9-14-12(8-11(4-2)16(18)19)6-5-7-13(14)15(10)17/h5-7,10-11H,3-4,8-9H2,1-2H3,(H,18,19)/t10-,11?/m0/s1. The molecule has 0 fully saturated rings. The van der Waals surface area contributed by atoms with Crippen LogP contribution in [0.3, 0.4) is 0 Å². The lowest BCUT2D eigenvalue weighted by Gasteiger charge is -2.13. The Labute approximate surface area is 113 Å². The number of carbonyl (C=O) groups is 2. The molecular formula is C16H20O3. The average Bonchev–Trinajstić information content (AvgIpc) is 2.73. The van der Waals surface area contributed by atoms with E-state index in [1.807, 2.05) is 32.0 Å². The molecule has 1 N–H and O–H groups in total.